The van der Waals surface area contributed by atoms with Gasteiger partial charge in [-0.25, -0.2) is 13.6 Å². The standard InChI is InChI=1S/C14H19F2NO.C8H8O3/c15-13-4-2-1-3-12(13)14(16)9-18-11-7-5-10(17)6-8-11;9-7(8(10)11)6-4-2-1-3-5-6/h1-4,10-11,14H,5-9,17H2;1-5,7,9H,(H,10,11)/t10?,11?,14-;7-/m01/s1. The number of aliphatic hydroxyl groups excluding tert-OH is 1. The van der Waals surface area contributed by atoms with Crippen LogP contribution in [-0.2, 0) is 9.53 Å². The summed E-state index contributed by atoms with van der Waals surface area (Å²) in [6.45, 7) is -0.0825. The summed E-state index contributed by atoms with van der Waals surface area (Å²) in [5.41, 5.74) is 6.26. The molecule has 0 amide bonds. The third kappa shape index (κ3) is 7.53. The minimum Gasteiger partial charge on any atom is -0.479 e. The van der Waals surface area contributed by atoms with E-state index in [0.29, 0.717) is 5.56 Å². The van der Waals surface area contributed by atoms with Gasteiger partial charge in [0.1, 0.15) is 5.82 Å². The van der Waals surface area contributed by atoms with Gasteiger partial charge in [0.25, 0.3) is 0 Å². The van der Waals surface area contributed by atoms with Crippen LogP contribution >= 0.6 is 0 Å². The van der Waals surface area contributed by atoms with Crippen LogP contribution in [0, 0.1) is 5.82 Å². The minimum atomic E-state index is -1.41. The predicted molar refractivity (Wildman–Crippen MR) is 105 cm³/mol. The number of alkyl halides is 1. The van der Waals surface area contributed by atoms with Gasteiger partial charge >= 0.3 is 5.97 Å². The van der Waals surface area contributed by atoms with Crippen molar-refractivity contribution in [3.8, 4) is 0 Å². The maximum absolute atomic E-state index is 13.8. The van der Waals surface area contributed by atoms with E-state index in [0.717, 1.165) is 25.7 Å². The summed E-state index contributed by atoms with van der Waals surface area (Å²) < 4.78 is 32.7. The van der Waals surface area contributed by atoms with Crippen molar-refractivity contribution in [2.24, 2.45) is 5.73 Å². The number of ether oxygens (including phenoxy) is 1. The molecule has 1 aliphatic carbocycles. The fourth-order valence-electron chi connectivity index (χ4n) is 3.07. The molecule has 0 aliphatic heterocycles. The summed E-state index contributed by atoms with van der Waals surface area (Å²) in [4.78, 5) is 10.2. The first-order valence-electron chi connectivity index (χ1n) is 9.60. The molecule has 3 rings (SSSR count). The Hall–Kier alpha value is -2.35. The van der Waals surface area contributed by atoms with Crippen molar-refractivity contribution in [2.75, 3.05) is 6.61 Å². The van der Waals surface area contributed by atoms with Crippen molar-refractivity contribution >= 4 is 5.97 Å². The van der Waals surface area contributed by atoms with E-state index in [9.17, 15) is 13.6 Å². The van der Waals surface area contributed by atoms with E-state index in [2.05, 4.69) is 0 Å². The number of hydrogen-bond donors (Lipinski definition) is 3. The Morgan fingerprint density at radius 2 is 1.66 bits per heavy atom. The molecule has 0 radical (unpaired) electrons. The highest BCUT2D eigenvalue weighted by molar-refractivity contribution is 5.73. The molecule has 2 aromatic rings. The lowest BCUT2D eigenvalue weighted by Crippen LogP contribution is -2.30. The first-order chi connectivity index (χ1) is 13.9. The number of carboxylic acid groups (broad SMARTS) is 1. The van der Waals surface area contributed by atoms with Crippen molar-refractivity contribution in [3.05, 3.63) is 71.5 Å². The predicted octanol–water partition coefficient (Wildman–Crippen LogP) is 3.93. The normalized spacial score (nSPS) is 20.8. The lowest BCUT2D eigenvalue weighted by Gasteiger charge is -2.26. The molecule has 0 heterocycles. The monoisotopic (exact) mass is 407 g/mol. The van der Waals surface area contributed by atoms with E-state index in [1.807, 2.05) is 0 Å². The van der Waals surface area contributed by atoms with Crippen molar-refractivity contribution in [1.82, 2.24) is 0 Å². The molecule has 1 fully saturated rings. The Bertz CT molecular complexity index is 751. The number of aliphatic hydroxyl groups is 1. The van der Waals surface area contributed by atoms with Gasteiger partial charge in [-0.05, 0) is 37.3 Å². The summed E-state index contributed by atoms with van der Waals surface area (Å²) >= 11 is 0. The summed E-state index contributed by atoms with van der Waals surface area (Å²) in [7, 11) is 0. The maximum Gasteiger partial charge on any atom is 0.337 e. The smallest absolute Gasteiger partial charge is 0.337 e. The van der Waals surface area contributed by atoms with Crippen LogP contribution in [0.3, 0.4) is 0 Å². The lowest BCUT2D eigenvalue weighted by molar-refractivity contribution is -0.146. The lowest BCUT2D eigenvalue weighted by atomic mass is 9.94. The van der Waals surface area contributed by atoms with Crippen LogP contribution in [-0.4, -0.2) is 34.9 Å². The van der Waals surface area contributed by atoms with Crippen molar-refractivity contribution in [2.45, 2.75) is 50.1 Å². The maximum atomic E-state index is 13.8. The zero-order valence-electron chi connectivity index (χ0n) is 16.1. The largest absolute Gasteiger partial charge is 0.479 e. The Balaban J connectivity index is 0.000000234. The number of rotatable bonds is 6. The molecule has 1 saturated carbocycles. The number of carbonyl (C=O) groups is 1. The van der Waals surface area contributed by atoms with E-state index in [1.54, 1.807) is 42.5 Å². The van der Waals surface area contributed by atoms with Gasteiger partial charge in [0.2, 0.25) is 0 Å². The Morgan fingerprint density at radius 1 is 1.07 bits per heavy atom. The van der Waals surface area contributed by atoms with Gasteiger partial charge in [-0.2, -0.15) is 0 Å². The third-order valence-electron chi connectivity index (χ3n) is 4.79. The van der Waals surface area contributed by atoms with Gasteiger partial charge in [-0.3, -0.25) is 0 Å². The molecule has 29 heavy (non-hydrogen) atoms. The van der Waals surface area contributed by atoms with Crippen LogP contribution in [0.2, 0.25) is 0 Å². The molecular formula is C22H27F2NO4. The Morgan fingerprint density at radius 3 is 2.24 bits per heavy atom. The highest BCUT2D eigenvalue weighted by Crippen LogP contribution is 2.25. The van der Waals surface area contributed by atoms with Gasteiger partial charge < -0.3 is 20.7 Å². The van der Waals surface area contributed by atoms with E-state index in [1.165, 1.54) is 12.1 Å². The molecule has 0 spiro atoms. The van der Waals surface area contributed by atoms with Gasteiger partial charge in [-0.15, -0.1) is 0 Å². The minimum absolute atomic E-state index is 0.0647. The second-order valence-electron chi connectivity index (χ2n) is 7.01. The number of aliphatic carboxylic acids is 1. The topological polar surface area (TPSA) is 92.8 Å². The molecule has 7 heteroatoms. The molecular weight excluding hydrogens is 380 g/mol. The molecule has 0 saturated heterocycles. The Kier molecular flexibility index (Phi) is 9.18. The molecule has 5 nitrogen and oxygen atoms in total. The van der Waals surface area contributed by atoms with Crippen LogP contribution < -0.4 is 5.73 Å². The van der Waals surface area contributed by atoms with E-state index < -0.39 is 24.1 Å². The first kappa shape index (κ1) is 22.9. The molecule has 4 N–H and O–H groups in total. The summed E-state index contributed by atoms with van der Waals surface area (Å²) in [5.74, 6) is -1.74. The molecule has 0 aromatic heterocycles. The zero-order valence-corrected chi connectivity index (χ0v) is 16.1. The third-order valence-corrected chi connectivity index (χ3v) is 4.79. The number of carboxylic acids is 1. The highest BCUT2D eigenvalue weighted by atomic mass is 19.1. The molecule has 0 bridgehead atoms. The van der Waals surface area contributed by atoms with Gasteiger partial charge in [0.15, 0.2) is 12.3 Å². The average Bonchev–Trinajstić information content (AvgIpc) is 2.74. The van der Waals surface area contributed by atoms with E-state index in [4.69, 9.17) is 20.7 Å². The van der Waals surface area contributed by atoms with Crippen LogP contribution in [0.15, 0.2) is 54.6 Å². The van der Waals surface area contributed by atoms with Gasteiger partial charge in [0.05, 0.1) is 12.7 Å². The van der Waals surface area contributed by atoms with Crippen LogP contribution in [0.4, 0.5) is 8.78 Å². The number of halogens is 2. The molecule has 158 valence electrons. The summed E-state index contributed by atoms with van der Waals surface area (Å²) in [6.07, 6.45) is 0.826. The van der Waals surface area contributed by atoms with Crippen LogP contribution in [0.1, 0.15) is 49.1 Å². The number of nitrogens with two attached hydrogens (primary N) is 1. The second-order valence-corrected chi connectivity index (χ2v) is 7.01. The average molecular weight is 407 g/mol. The molecule has 0 unspecified atom stereocenters. The molecule has 2 atom stereocenters. The quantitative estimate of drug-likeness (QED) is 0.675. The molecule has 1 aliphatic rings. The van der Waals surface area contributed by atoms with Gasteiger partial charge in [-0.1, -0.05) is 48.5 Å². The van der Waals surface area contributed by atoms with Gasteiger partial charge in [0, 0.05) is 11.6 Å². The van der Waals surface area contributed by atoms with Crippen molar-refractivity contribution < 1.29 is 28.5 Å². The summed E-state index contributed by atoms with van der Waals surface area (Å²) in [6, 6.07) is 14.4. The molecule has 2 aromatic carbocycles. The van der Waals surface area contributed by atoms with Crippen LogP contribution in [0.5, 0.6) is 0 Å². The Labute approximate surface area is 169 Å². The fraction of sp³-hybridized carbons (Fsp3) is 0.409. The van der Waals surface area contributed by atoms with E-state index in [-0.39, 0.29) is 24.3 Å². The second kappa shape index (κ2) is 11.6. The SMILES string of the molecule is NC1CCC(OC[C@H](F)c2ccccc2F)CC1.O=C(O)[C@H](O)c1ccccc1. The number of benzene rings is 2. The van der Waals surface area contributed by atoms with E-state index >= 15 is 0 Å². The van der Waals surface area contributed by atoms with Crippen molar-refractivity contribution in [3.63, 3.8) is 0 Å². The zero-order chi connectivity index (χ0) is 21.2. The number of hydrogen-bond acceptors (Lipinski definition) is 4. The fourth-order valence-corrected chi connectivity index (χ4v) is 3.07. The first-order valence-corrected chi connectivity index (χ1v) is 9.60. The van der Waals surface area contributed by atoms with Crippen molar-refractivity contribution in [1.29, 1.82) is 0 Å². The highest BCUT2D eigenvalue weighted by Gasteiger charge is 2.21. The van der Waals surface area contributed by atoms with Crippen LogP contribution in [0.25, 0.3) is 0 Å². The summed E-state index contributed by atoms with van der Waals surface area (Å²) in [5, 5.41) is 17.4.